The summed E-state index contributed by atoms with van der Waals surface area (Å²) in [5.74, 6) is 0.932. The van der Waals surface area contributed by atoms with Crippen molar-refractivity contribution in [1.29, 1.82) is 0 Å². The first kappa shape index (κ1) is 24.0. The average molecular weight is 507 g/mol. The second kappa shape index (κ2) is 10.5. The zero-order valence-corrected chi connectivity index (χ0v) is 21.1. The second-order valence-electron chi connectivity index (χ2n) is 10.00. The van der Waals surface area contributed by atoms with Gasteiger partial charge in [0.05, 0.1) is 28.9 Å². The Labute approximate surface area is 221 Å². The lowest BCUT2D eigenvalue weighted by molar-refractivity contribution is 0.0936. The Bertz CT molecular complexity index is 1520. The topological polar surface area (TPSA) is 93.2 Å². The van der Waals surface area contributed by atoms with E-state index >= 15 is 0 Å². The van der Waals surface area contributed by atoms with Crippen LogP contribution in [-0.2, 0) is 6.42 Å². The van der Waals surface area contributed by atoms with Gasteiger partial charge in [-0.15, -0.1) is 0 Å². The standard InChI is InChI=1S/C31H30N4O3/c36-26-11-8-21(9-12-26)17-27(23-5-4-15-32-19-23)34-31(37)22-10-13-29-28(18-22)33-30(24-14-16-38-20-24)35(29)25-6-2-1-3-7-25/h4-5,8-16,18-20,25,27,36H,1-3,6-7,17H2,(H,34,37)/t27-/m0/s1. The average Bonchev–Trinajstić information content (AvgIpc) is 3.62. The lowest BCUT2D eigenvalue weighted by Gasteiger charge is -2.25. The minimum Gasteiger partial charge on any atom is -0.508 e. The molecule has 6 rings (SSSR count). The summed E-state index contributed by atoms with van der Waals surface area (Å²) in [6, 6.07) is 18.7. The van der Waals surface area contributed by atoms with Crippen molar-refractivity contribution in [2.45, 2.75) is 50.6 Å². The molecule has 7 heteroatoms. The predicted molar refractivity (Wildman–Crippen MR) is 146 cm³/mol. The van der Waals surface area contributed by atoms with Crippen LogP contribution in [0.1, 0.15) is 65.7 Å². The first-order chi connectivity index (χ1) is 18.7. The van der Waals surface area contributed by atoms with Crippen LogP contribution in [-0.4, -0.2) is 25.5 Å². The first-order valence-corrected chi connectivity index (χ1v) is 13.2. The molecular formula is C31H30N4O3. The number of carbonyl (C=O) groups is 1. The summed E-state index contributed by atoms with van der Waals surface area (Å²) in [7, 11) is 0. The van der Waals surface area contributed by atoms with Gasteiger partial charge in [0.25, 0.3) is 5.91 Å². The molecule has 1 atom stereocenters. The zero-order chi connectivity index (χ0) is 25.9. The highest BCUT2D eigenvalue weighted by Gasteiger charge is 2.24. The monoisotopic (exact) mass is 506 g/mol. The maximum atomic E-state index is 13.5. The van der Waals surface area contributed by atoms with Crippen LogP contribution in [0, 0.1) is 0 Å². The number of nitrogens with zero attached hydrogens (tertiary/aromatic N) is 3. The number of fused-ring (bicyclic) bond motifs is 1. The molecule has 1 amide bonds. The lowest BCUT2D eigenvalue weighted by atomic mass is 9.95. The van der Waals surface area contributed by atoms with Gasteiger partial charge in [0.15, 0.2) is 0 Å². The Morgan fingerprint density at radius 1 is 1.08 bits per heavy atom. The third-order valence-corrected chi connectivity index (χ3v) is 7.44. The number of phenols is 1. The van der Waals surface area contributed by atoms with Gasteiger partial charge in [0, 0.05) is 24.0 Å². The van der Waals surface area contributed by atoms with Gasteiger partial charge >= 0.3 is 0 Å². The van der Waals surface area contributed by atoms with E-state index in [0.29, 0.717) is 18.0 Å². The summed E-state index contributed by atoms with van der Waals surface area (Å²) in [6.07, 6.45) is 13.4. The Morgan fingerprint density at radius 2 is 1.92 bits per heavy atom. The van der Waals surface area contributed by atoms with Crippen molar-refractivity contribution in [2.24, 2.45) is 0 Å². The van der Waals surface area contributed by atoms with E-state index in [9.17, 15) is 9.90 Å². The van der Waals surface area contributed by atoms with Gasteiger partial charge in [0.1, 0.15) is 17.8 Å². The number of pyridine rings is 1. The fourth-order valence-corrected chi connectivity index (χ4v) is 5.49. The number of rotatable bonds is 7. The molecule has 2 N–H and O–H groups in total. The highest BCUT2D eigenvalue weighted by Crippen LogP contribution is 2.36. The van der Waals surface area contributed by atoms with Gasteiger partial charge in [-0.05, 0) is 72.9 Å². The summed E-state index contributed by atoms with van der Waals surface area (Å²) in [5.41, 5.74) is 5.27. The van der Waals surface area contributed by atoms with Crippen molar-refractivity contribution in [2.75, 3.05) is 0 Å². The fourth-order valence-electron chi connectivity index (χ4n) is 5.49. The van der Waals surface area contributed by atoms with Crippen molar-refractivity contribution in [1.82, 2.24) is 19.9 Å². The van der Waals surface area contributed by atoms with Gasteiger partial charge in [-0.3, -0.25) is 9.78 Å². The van der Waals surface area contributed by atoms with E-state index in [0.717, 1.165) is 46.4 Å². The molecule has 3 aromatic heterocycles. The molecule has 1 fully saturated rings. The molecule has 38 heavy (non-hydrogen) atoms. The van der Waals surface area contributed by atoms with Gasteiger partial charge in [-0.2, -0.15) is 0 Å². The van der Waals surface area contributed by atoms with Crippen molar-refractivity contribution in [3.05, 3.63) is 102 Å². The van der Waals surface area contributed by atoms with Gasteiger partial charge in [0.2, 0.25) is 0 Å². The molecule has 7 nitrogen and oxygen atoms in total. The molecule has 5 aromatic rings. The minimum atomic E-state index is -0.280. The Balaban J connectivity index is 1.32. The molecule has 0 radical (unpaired) electrons. The maximum Gasteiger partial charge on any atom is 0.251 e. The highest BCUT2D eigenvalue weighted by molar-refractivity contribution is 5.98. The van der Waals surface area contributed by atoms with Crippen molar-refractivity contribution in [3.8, 4) is 17.1 Å². The molecule has 0 bridgehead atoms. The molecule has 192 valence electrons. The molecule has 0 saturated heterocycles. The van der Waals surface area contributed by atoms with E-state index in [2.05, 4.69) is 14.9 Å². The molecule has 2 aromatic carbocycles. The SMILES string of the molecule is O=C(N[C@@H](Cc1ccc(O)cc1)c1cccnc1)c1ccc2c(c1)nc(-c1ccoc1)n2C1CCCCC1. The number of imidazole rings is 1. The molecule has 0 spiro atoms. The molecular weight excluding hydrogens is 476 g/mol. The Kier molecular flexibility index (Phi) is 6.65. The van der Waals surface area contributed by atoms with Crippen LogP contribution in [0.2, 0.25) is 0 Å². The normalized spacial score (nSPS) is 14.9. The largest absolute Gasteiger partial charge is 0.508 e. The number of carbonyl (C=O) groups excluding carboxylic acids is 1. The minimum absolute atomic E-state index is 0.170. The van der Waals surface area contributed by atoms with Crippen LogP contribution in [0.3, 0.4) is 0 Å². The number of aromatic nitrogens is 3. The number of hydrogen-bond donors (Lipinski definition) is 2. The number of benzene rings is 2. The van der Waals surface area contributed by atoms with Gasteiger partial charge < -0.3 is 19.4 Å². The first-order valence-electron chi connectivity index (χ1n) is 13.2. The van der Waals surface area contributed by atoms with E-state index in [4.69, 9.17) is 9.40 Å². The fraction of sp³-hybridized carbons (Fsp3) is 0.258. The number of furan rings is 1. The summed E-state index contributed by atoms with van der Waals surface area (Å²) >= 11 is 0. The summed E-state index contributed by atoms with van der Waals surface area (Å²) in [5, 5.41) is 12.9. The van der Waals surface area contributed by atoms with E-state index in [-0.39, 0.29) is 17.7 Å². The predicted octanol–water partition coefficient (Wildman–Crippen LogP) is 6.62. The van der Waals surface area contributed by atoms with E-state index in [1.807, 2.05) is 48.5 Å². The number of phenolic OH excluding ortho intramolecular Hbond substituents is 1. The third kappa shape index (κ3) is 4.92. The third-order valence-electron chi connectivity index (χ3n) is 7.44. The van der Waals surface area contributed by atoms with E-state index in [1.165, 1.54) is 19.3 Å². The number of nitrogens with one attached hydrogen (secondary N) is 1. The summed E-state index contributed by atoms with van der Waals surface area (Å²) in [6.45, 7) is 0. The second-order valence-corrected chi connectivity index (χ2v) is 10.00. The molecule has 1 saturated carbocycles. The molecule has 3 heterocycles. The summed E-state index contributed by atoms with van der Waals surface area (Å²) in [4.78, 5) is 22.7. The Morgan fingerprint density at radius 3 is 2.66 bits per heavy atom. The molecule has 0 unspecified atom stereocenters. The van der Waals surface area contributed by atoms with Gasteiger partial charge in [-0.1, -0.05) is 37.5 Å². The van der Waals surface area contributed by atoms with Crippen LogP contribution in [0.5, 0.6) is 5.75 Å². The maximum absolute atomic E-state index is 13.5. The lowest BCUT2D eigenvalue weighted by Crippen LogP contribution is -2.30. The molecule has 1 aliphatic rings. The Hall–Kier alpha value is -4.39. The number of hydrogen-bond acceptors (Lipinski definition) is 5. The van der Waals surface area contributed by atoms with Crippen LogP contribution in [0.4, 0.5) is 0 Å². The highest BCUT2D eigenvalue weighted by atomic mass is 16.3. The quantitative estimate of drug-likeness (QED) is 0.259. The van der Waals surface area contributed by atoms with E-state index < -0.39 is 0 Å². The number of aromatic hydroxyl groups is 1. The van der Waals surface area contributed by atoms with E-state index in [1.54, 1.807) is 37.1 Å². The number of amides is 1. The molecule has 1 aliphatic carbocycles. The van der Waals surface area contributed by atoms with Gasteiger partial charge in [-0.25, -0.2) is 4.98 Å². The van der Waals surface area contributed by atoms with Crippen molar-refractivity contribution >= 4 is 16.9 Å². The smallest absolute Gasteiger partial charge is 0.251 e. The zero-order valence-electron chi connectivity index (χ0n) is 21.1. The van der Waals surface area contributed by atoms with Crippen LogP contribution >= 0.6 is 0 Å². The molecule has 0 aliphatic heterocycles. The van der Waals surface area contributed by atoms with Crippen molar-refractivity contribution in [3.63, 3.8) is 0 Å². The van der Waals surface area contributed by atoms with Crippen molar-refractivity contribution < 1.29 is 14.3 Å². The van der Waals surface area contributed by atoms with Crippen LogP contribution in [0.15, 0.2) is 90.0 Å². The summed E-state index contributed by atoms with van der Waals surface area (Å²) < 4.78 is 7.71. The van der Waals surface area contributed by atoms with Crippen LogP contribution < -0.4 is 5.32 Å². The van der Waals surface area contributed by atoms with Crippen LogP contribution in [0.25, 0.3) is 22.4 Å².